The lowest BCUT2D eigenvalue weighted by molar-refractivity contribution is 0.112. The van der Waals surface area contributed by atoms with Gasteiger partial charge in [-0.3, -0.25) is 0 Å². The molecule has 0 aromatic heterocycles. The molecule has 2 amide bonds. The molecule has 1 saturated carbocycles. The minimum atomic E-state index is -0.181. The lowest BCUT2D eigenvalue weighted by Crippen LogP contribution is -2.44. The Labute approximate surface area is 106 Å². The molecule has 0 radical (unpaired) electrons. The van der Waals surface area contributed by atoms with Crippen molar-refractivity contribution in [1.29, 1.82) is 0 Å². The van der Waals surface area contributed by atoms with Crippen molar-refractivity contribution in [3.63, 3.8) is 0 Å². The van der Waals surface area contributed by atoms with E-state index in [-0.39, 0.29) is 24.3 Å². The largest absolute Gasteiger partial charge is 0.448 e. The monoisotopic (exact) mass is 254 g/mol. The summed E-state index contributed by atoms with van der Waals surface area (Å²) in [5.41, 5.74) is 0. The van der Waals surface area contributed by atoms with Gasteiger partial charge in [0.15, 0.2) is 0 Å². The van der Waals surface area contributed by atoms with Gasteiger partial charge in [-0.05, 0) is 25.7 Å². The van der Waals surface area contributed by atoms with E-state index in [2.05, 4.69) is 0 Å². The van der Waals surface area contributed by atoms with E-state index in [0.717, 1.165) is 25.7 Å². The van der Waals surface area contributed by atoms with Crippen LogP contribution in [0.3, 0.4) is 0 Å². The summed E-state index contributed by atoms with van der Waals surface area (Å²) >= 11 is 0. The molecule has 18 heavy (non-hydrogen) atoms. The highest BCUT2D eigenvalue weighted by molar-refractivity contribution is 5.70. The molecule has 0 spiro atoms. The lowest BCUT2D eigenvalue weighted by Gasteiger charge is -2.36. The van der Waals surface area contributed by atoms with Crippen LogP contribution >= 0.6 is 0 Å². The first-order valence-corrected chi connectivity index (χ1v) is 6.62. The van der Waals surface area contributed by atoms with Gasteiger partial charge in [0.05, 0.1) is 13.1 Å². The Morgan fingerprint density at radius 3 is 1.44 bits per heavy atom. The Kier molecular flexibility index (Phi) is 3.01. The van der Waals surface area contributed by atoms with Gasteiger partial charge in [-0.1, -0.05) is 0 Å². The number of amides is 2. The first-order valence-electron chi connectivity index (χ1n) is 6.62. The van der Waals surface area contributed by atoms with Crippen LogP contribution in [0.4, 0.5) is 9.59 Å². The Hall–Kier alpha value is -1.46. The summed E-state index contributed by atoms with van der Waals surface area (Å²) in [5.74, 6) is 0. The van der Waals surface area contributed by atoms with E-state index in [0.29, 0.717) is 26.3 Å². The third-order valence-electron chi connectivity index (χ3n) is 4.13. The molecule has 6 heteroatoms. The Bertz CT molecular complexity index is 318. The number of cyclic esters (lactones) is 2. The van der Waals surface area contributed by atoms with Gasteiger partial charge in [0.25, 0.3) is 0 Å². The van der Waals surface area contributed by atoms with Gasteiger partial charge >= 0.3 is 12.2 Å². The fourth-order valence-corrected chi connectivity index (χ4v) is 3.16. The predicted molar refractivity (Wildman–Crippen MR) is 62.2 cm³/mol. The smallest absolute Gasteiger partial charge is 0.410 e. The van der Waals surface area contributed by atoms with Gasteiger partial charge < -0.3 is 19.3 Å². The zero-order chi connectivity index (χ0) is 12.5. The second-order valence-corrected chi connectivity index (χ2v) is 5.08. The number of hydrogen-bond donors (Lipinski definition) is 0. The molecular formula is C12H18N2O4. The van der Waals surface area contributed by atoms with Crippen LogP contribution in [0.25, 0.3) is 0 Å². The number of carbonyl (C=O) groups is 2. The summed E-state index contributed by atoms with van der Waals surface area (Å²) in [6.07, 6.45) is 3.43. The van der Waals surface area contributed by atoms with E-state index >= 15 is 0 Å². The Balaban J connectivity index is 1.54. The third kappa shape index (κ3) is 2.00. The molecule has 3 rings (SSSR count). The fraction of sp³-hybridized carbons (Fsp3) is 0.833. The average molecular weight is 254 g/mol. The maximum absolute atomic E-state index is 11.5. The third-order valence-corrected chi connectivity index (χ3v) is 4.13. The van der Waals surface area contributed by atoms with Crippen molar-refractivity contribution in [3.05, 3.63) is 0 Å². The average Bonchev–Trinajstić information content (AvgIpc) is 2.98. The van der Waals surface area contributed by atoms with Crippen LogP contribution in [0.2, 0.25) is 0 Å². The molecular weight excluding hydrogens is 236 g/mol. The molecule has 100 valence electrons. The van der Waals surface area contributed by atoms with Crippen molar-refractivity contribution in [2.24, 2.45) is 0 Å². The van der Waals surface area contributed by atoms with Gasteiger partial charge in [0.1, 0.15) is 13.2 Å². The molecule has 0 bridgehead atoms. The van der Waals surface area contributed by atoms with Crippen LogP contribution in [0.5, 0.6) is 0 Å². The molecule has 6 nitrogen and oxygen atoms in total. The van der Waals surface area contributed by atoms with Crippen LogP contribution < -0.4 is 0 Å². The molecule has 2 saturated heterocycles. The summed E-state index contributed by atoms with van der Waals surface area (Å²) in [6, 6.07) is 0.574. The zero-order valence-corrected chi connectivity index (χ0v) is 10.3. The molecule has 0 aromatic carbocycles. The number of carbonyl (C=O) groups excluding carboxylic acids is 2. The van der Waals surface area contributed by atoms with Crippen LogP contribution in [0.15, 0.2) is 0 Å². The highest BCUT2D eigenvalue weighted by Crippen LogP contribution is 2.29. The second kappa shape index (κ2) is 4.66. The quantitative estimate of drug-likeness (QED) is 0.743. The van der Waals surface area contributed by atoms with E-state index in [4.69, 9.17) is 9.47 Å². The zero-order valence-electron chi connectivity index (χ0n) is 10.3. The van der Waals surface area contributed by atoms with E-state index in [9.17, 15) is 9.59 Å². The molecule has 3 aliphatic rings. The summed E-state index contributed by atoms with van der Waals surface area (Å²) < 4.78 is 9.93. The van der Waals surface area contributed by atoms with E-state index in [1.165, 1.54) is 0 Å². The SMILES string of the molecule is O=C1OCCN1C1CCC(N2CCOC2=O)CC1. The maximum atomic E-state index is 11.5. The molecule has 0 N–H and O–H groups in total. The molecule has 2 heterocycles. The number of nitrogens with zero attached hydrogens (tertiary/aromatic N) is 2. The summed E-state index contributed by atoms with van der Waals surface area (Å²) in [4.78, 5) is 26.6. The highest BCUT2D eigenvalue weighted by atomic mass is 16.6. The molecule has 0 aromatic rings. The predicted octanol–water partition coefficient (Wildman–Crippen LogP) is 1.20. The number of rotatable bonds is 2. The van der Waals surface area contributed by atoms with E-state index in [1.807, 2.05) is 9.80 Å². The van der Waals surface area contributed by atoms with Gasteiger partial charge in [-0.2, -0.15) is 0 Å². The maximum Gasteiger partial charge on any atom is 0.410 e. The van der Waals surface area contributed by atoms with E-state index < -0.39 is 0 Å². The first kappa shape index (κ1) is 11.6. The highest BCUT2D eigenvalue weighted by Gasteiger charge is 2.37. The minimum absolute atomic E-state index is 0.181. The molecule has 0 atom stereocenters. The van der Waals surface area contributed by atoms with E-state index in [1.54, 1.807) is 0 Å². The van der Waals surface area contributed by atoms with Gasteiger partial charge in [0, 0.05) is 12.1 Å². The second-order valence-electron chi connectivity index (χ2n) is 5.08. The Morgan fingerprint density at radius 2 is 1.17 bits per heavy atom. The van der Waals surface area contributed by atoms with Crippen molar-refractivity contribution in [1.82, 2.24) is 9.80 Å². The lowest BCUT2D eigenvalue weighted by atomic mass is 9.89. The molecule has 1 aliphatic carbocycles. The van der Waals surface area contributed by atoms with Crippen molar-refractivity contribution in [3.8, 4) is 0 Å². The van der Waals surface area contributed by atoms with Gasteiger partial charge in [0.2, 0.25) is 0 Å². The standard InChI is InChI=1S/C12H18N2O4/c15-11-13(5-7-17-11)9-1-2-10(4-3-9)14-6-8-18-12(14)16/h9-10H,1-8H2. The van der Waals surface area contributed by atoms with Crippen LogP contribution in [0, 0.1) is 0 Å². The Morgan fingerprint density at radius 1 is 0.778 bits per heavy atom. The van der Waals surface area contributed by atoms with Crippen molar-refractivity contribution < 1.29 is 19.1 Å². The fourth-order valence-electron chi connectivity index (χ4n) is 3.16. The normalized spacial score (nSPS) is 32.7. The van der Waals surface area contributed by atoms with Crippen molar-refractivity contribution in [2.45, 2.75) is 37.8 Å². The summed E-state index contributed by atoms with van der Waals surface area (Å²) in [7, 11) is 0. The van der Waals surface area contributed by atoms with Crippen molar-refractivity contribution >= 4 is 12.2 Å². The van der Waals surface area contributed by atoms with Crippen LogP contribution in [-0.4, -0.2) is 60.4 Å². The summed E-state index contributed by atoms with van der Waals surface area (Å²) in [6.45, 7) is 2.44. The number of ether oxygens (including phenoxy) is 2. The van der Waals surface area contributed by atoms with Gasteiger partial charge in [-0.25, -0.2) is 9.59 Å². The first-order chi connectivity index (χ1) is 8.75. The minimum Gasteiger partial charge on any atom is -0.448 e. The number of hydrogen-bond acceptors (Lipinski definition) is 4. The topological polar surface area (TPSA) is 59.1 Å². The molecule has 2 aliphatic heterocycles. The van der Waals surface area contributed by atoms with Gasteiger partial charge in [-0.15, -0.1) is 0 Å². The molecule has 0 unspecified atom stereocenters. The summed E-state index contributed by atoms with van der Waals surface area (Å²) in [5, 5.41) is 0. The van der Waals surface area contributed by atoms with Crippen LogP contribution in [-0.2, 0) is 9.47 Å². The van der Waals surface area contributed by atoms with Crippen molar-refractivity contribution in [2.75, 3.05) is 26.3 Å². The van der Waals surface area contributed by atoms with Crippen LogP contribution in [0.1, 0.15) is 25.7 Å². The molecule has 3 fully saturated rings.